The Balaban J connectivity index is 1.78. The number of carbonyl (C=O) groups excluding carboxylic acids is 2. The molecule has 1 heterocycles. The fraction of sp³-hybridized carbons (Fsp3) is 0.176. The number of anilines is 1. The van der Waals surface area contributed by atoms with Gasteiger partial charge in [0.05, 0.1) is 4.90 Å². The van der Waals surface area contributed by atoms with E-state index in [1.54, 1.807) is 0 Å². The van der Waals surface area contributed by atoms with Gasteiger partial charge in [0, 0.05) is 17.8 Å². The first-order valence-electron chi connectivity index (χ1n) is 7.82. The Labute approximate surface area is 149 Å². The standard InChI is InChI=1S/C17H16FN3O4S/c18-12-4-2-5-13(10-12)20-16(22)11-3-1-6-14(9-11)26(24,25)21-15-7-8-19-17(15)23/h1-6,9-10,15,21H,7-8H2,(H,19,23)(H,20,22)/t15-/m1/s1. The molecule has 2 amide bonds. The molecular weight excluding hydrogens is 361 g/mol. The molecule has 0 saturated carbocycles. The SMILES string of the molecule is O=C(Nc1cccc(F)c1)c1cccc(S(=O)(=O)N[C@@H]2CCNC2=O)c1. The normalized spacial score (nSPS) is 17.0. The van der Waals surface area contributed by atoms with Crippen LogP contribution >= 0.6 is 0 Å². The Bertz CT molecular complexity index is 962. The van der Waals surface area contributed by atoms with E-state index >= 15 is 0 Å². The van der Waals surface area contributed by atoms with Gasteiger partial charge in [0.15, 0.2) is 0 Å². The van der Waals surface area contributed by atoms with Crippen LogP contribution in [0.15, 0.2) is 53.4 Å². The maximum Gasteiger partial charge on any atom is 0.255 e. The maximum atomic E-state index is 13.2. The summed E-state index contributed by atoms with van der Waals surface area (Å²) in [4.78, 5) is 23.7. The van der Waals surface area contributed by atoms with Crippen LogP contribution in [0.1, 0.15) is 16.8 Å². The van der Waals surface area contributed by atoms with Crippen LogP contribution in [-0.4, -0.2) is 32.8 Å². The van der Waals surface area contributed by atoms with Gasteiger partial charge in [-0.2, -0.15) is 4.72 Å². The summed E-state index contributed by atoms with van der Waals surface area (Å²) >= 11 is 0. The number of rotatable bonds is 5. The smallest absolute Gasteiger partial charge is 0.255 e. The number of benzene rings is 2. The van der Waals surface area contributed by atoms with E-state index in [9.17, 15) is 22.4 Å². The Morgan fingerprint density at radius 2 is 1.92 bits per heavy atom. The summed E-state index contributed by atoms with van der Waals surface area (Å²) in [5.41, 5.74) is 0.344. The Morgan fingerprint density at radius 3 is 2.62 bits per heavy atom. The number of carbonyl (C=O) groups is 2. The van der Waals surface area contributed by atoms with Crippen molar-refractivity contribution >= 4 is 27.5 Å². The van der Waals surface area contributed by atoms with Crippen molar-refractivity contribution in [2.24, 2.45) is 0 Å². The third-order valence-electron chi connectivity index (χ3n) is 3.84. The first kappa shape index (κ1) is 18.0. The van der Waals surface area contributed by atoms with Gasteiger partial charge in [-0.3, -0.25) is 9.59 Å². The molecule has 1 fully saturated rings. The summed E-state index contributed by atoms with van der Waals surface area (Å²) in [7, 11) is -3.96. The lowest BCUT2D eigenvalue weighted by Crippen LogP contribution is -2.40. The minimum absolute atomic E-state index is 0.0907. The summed E-state index contributed by atoms with van der Waals surface area (Å²) < 4.78 is 40.4. The minimum atomic E-state index is -3.96. The largest absolute Gasteiger partial charge is 0.355 e. The molecule has 1 aliphatic rings. The Kier molecular flexibility index (Phi) is 5.01. The zero-order chi connectivity index (χ0) is 18.7. The van der Waals surface area contributed by atoms with E-state index in [1.807, 2.05) is 0 Å². The second-order valence-electron chi connectivity index (χ2n) is 5.75. The van der Waals surface area contributed by atoms with Gasteiger partial charge in [0.1, 0.15) is 11.9 Å². The monoisotopic (exact) mass is 377 g/mol. The third kappa shape index (κ3) is 4.06. The molecule has 26 heavy (non-hydrogen) atoms. The second kappa shape index (κ2) is 7.22. The van der Waals surface area contributed by atoms with Gasteiger partial charge in [0.2, 0.25) is 15.9 Å². The summed E-state index contributed by atoms with van der Waals surface area (Å²) in [6.45, 7) is 0.405. The predicted molar refractivity (Wildman–Crippen MR) is 92.5 cm³/mol. The molecule has 0 unspecified atom stereocenters. The number of halogens is 1. The number of hydrogen-bond acceptors (Lipinski definition) is 4. The lowest BCUT2D eigenvalue weighted by atomic mass is 10.2. The van der Waals surface area contributed by atoms with Gasteiger partial charge < -0.3 is 10.6 Å². The zero-order valence-electron chi connectivity index (χ0n) is 13.5. The maximum absolute atomic E-state index is 13.2. The first-order chi connectivity index (χ1) is 12.3. The van der Waals surface area contributed by atoms with Gasteiger partial charge in [0.25, 0.3) is 5.91 Å². The third-order valence-corrected chi connectivity index (χ3v) is 5.30. The molecule has 0 radical (unpaired) electrons. The molecule has 2 aromatic rings. The second-order valence-corrected chi connectivity index (χ2v) is 7.46. The van der Waals surface area contributed by atoms with Crippen LogP contribution in [0.2, 0.25) is 0 Å². The molecule has 7 nitrogen and oxygen atoms in total. The number of nitrogens with one attached hydrogen (secondary N) is 3. The van der Waals surface area contributed by atoms with E-state index in [0.29, 0.717) is 13.0 Å². The van der Waals surface area contributed by atoms with Crippen molar-refractivity contribution in [1.29, 1.82) is 0 Å². The average molecular weight is 377 g/mol. The van der Waals surface area contributed by atoms with Crippen molar-refractivity contribution in [3.63, 3.8) is 0 Å². The van der Waals surface area contributed by atoms with Crippen molar-refractivity contribution < 1.29 is 22.4 Å². The van der Waals surface area contributed by atoms with Crippen LogP contribution in [0.5, 0.6) is 0 Å². The first-order valence-corrected chi connectivity index (χ1v) is 9.30. The zero-order valence-corrected chi connectivity index (χ0v) is 14.3. The number of hydrogen-bond donors (Lipinski definition) is 3. The molecule has 136 valence electrons. The van der Waals surface area contributed by atoms with Crippen LogP contribution in [0.4, 0.5) is 10.1 Å². The fourth-order valence-corrected chi connectivity index (χ4v) is 3.81. The van der Waals surface area contributed by atoms with Crippen LogP contribution in [0, 0.1) is 5.82 Å². The quantitative estimate of drug-likeness (QED) is 0.729. The van der Waals surface area contributed by atoms with E-state index in [1.165, 1.54) is 42.5 Å². The van der Waals surface area contributed by atoms with E-state index in [2.05, 4.69) is 15.4 Å². The highest BCUT2D eigenvalue weighted by Gasteiger charge is 2.29. The molecule has 2 aromatic carbocycles. The summed E-state index contributed by atoms with van der Waals surface area (Å²) in [5.74, 6) is -1.46. The average Bonchev–Trinajstić information content (AvgIpc) is 2.99. The van der Waals surface area contributed by atoms with Crippen LogP contribution < -0.4 is 15.4 Å². The summed E-state index contributed by atoms with van der Waals surface area (Å²) in [6.07, 6.45) is 0.359. The molecule has 0 spiro atoms. The summed E-state index contributed by atoms with van der Waals surface area (Å²) in [5, 5.41) is 5.04. The van der Waals surface area contributed by atoms with Gasteiger partial charge in [-0.25, -0.2) is 12.8 Å². The molecular formula is C17H16FN3O4S. The molecule has 1 saturated heterocycles. The topological polar surface area (TPSA) is 104 Å². The molecule has 0 aliphatic carbocycles. The fourth-order valence-electron chi connectivity index (χ4n) is 2.54. The molecule has 0 aromatic heterocycles. The van der Waals surface area contributed by atoms with E-state index in [0.717, 1.165) is 6.07 Å². The van der Waals surface area contributed by atoms with Crippen molar-refractivity contribution in [3.8, 4) is 0 Å². The van der Waals surface area contributed by atoms with Crippen LogP contribution in [0.3, 0.4) is 0 Å². The van der Waals surface area contributed by atoms with Gasteiger partial charge in [-0.05, 0) is 42.8 Å². The predicted octanol–water partition coefficient (Wildman–Crippen LogP) is 1.24. The molecule has 3 rings (SSSR count). The molecule has 9 heteroatoms. The van der Waals surface area contributed by atoms with Gasteiger partial charge >= 0.3 is 0 Å². The van der Waals surface area contributed by atoms with E-state index < -0.39 is 27.8 Å². The van der Waals surface area contributed by atoms with Gasteiger partial charge in [-0.15, -0.1) is 0 Å². The Hall–Kier alpha value is -2.78. The Morgan fingerprint density at radius 1 is 1.15 bits per heavy atom. The lowest BCUT2D eigenvalue weighted by Gasteiger charge is -2.12. The van der Waals surface area contributed by atoms with Crippen molar-refractivity contribution in [3.05, 3.63) is 59.9 Å². The molecule has 1 atom stereocenters. The van der Waals surface area contributed by atoms with E-state index in [4.69, 9.17) is 0 Å². The number of sulfonamides is 1. The highest BCUT2D eigenvalue weighted by Crippen LogP contribution is 2.16. The number of amides is 2. The minimum Gasteiger partial charge on any atom is -0.355 e. The van der Waals surface area contributed by atoms with Crippen LogP contribution in [0.25, 0.3) is 0 Å². The van der Waals surface area contributed by atoms with Crippen LogP contribution in [-0.2, 0) is 14.8 Å². The van der Waals surface area contributed by atoms with Gasteiger partial charge in [-0.1, -0.05) is 12.1 Å². The highest BCUT2D eigenvalue weighted by molar-refractivity contribution is 7.89. The summed E-state index contributed by atoms with van der Waals surface area (Å²) in [6, 6.07) is 9.92. The van der Waals surface area contributed by atoms with E-state index in [-0.39, 0.29) is 22.1 Å². The van der Waals surface area contributed by atoms with Crippen molar-refractivity contribution in [2.75, 3.05) is 11.9 Å². The lowest BCUT2D eigenvalue weighted by molar-refractivity contribution is -0.120. The molecule has 0 bridgehead atoms. The molecule has 1 aliphatic heterocycles. The molecule has 3 N–H and O–H groups in total. The van der Waals surface area contributed by atoms with Crippen molar-refractivity contribution in [1.82, 2.24) is 10.0 Å². The van der Waals surface area contributed by atoms with Crippen molar-refractivity contribution in [2.45, 2.75) is 17.4 Å². The highest BCUT2D eigenvalue weighted by atomic mass is 32.2.